The van der Waals surface area contributed by atoms with Crippen LogP contribution in [0.1, 0.15) is 33.2 Å². The predicted octanol–water partition coefficient (Wildman–Crippen LogP) is 3.03. The number of carbonyl (C=O) groups is 4. The Labute approximate surface area is 149 Å². The van der Waals surface area contributed by atoms with Gasteiger partial charge in [-0.1, -0.05) is 54.6 Å². The molecular weight excluding hydrogens is 328 g/mol. The lowest BCUT2D eigenvalue weighted by atomic mass is 9.66. The third-order valence-electron chi connectivity index (χ3n) is 5.00. The minimum atomic E-state index is -1.64. The molecule has 126 valence electrons. The summed E-state index contributed by atoms with van der Waals surface area (Å²) < 4.78 is 0. The summed E-state index contributed by atoms with van der Waals surface area (Å²) in [7, 11) is 0. The summed E-state index contributed by atoms with van der Waals surface area (Å²) in [5, 5.41) is 0. The highest BCUT2D eigenvalue weighted by Gasteiger charge is 2.57. The van der Waals surface area contributed by atoms with E-state index < -0.39 is 17.0 Å². The van der Waals surface area contributed by atoms with Crippen LogP contribution >= 0.6 is 0 Å². The highest BCUT2D eigenvalue weighted by atomic mass is 16.2. The zero-order valence-corrected chi connectivity index (χ0v) is 14.0. The van der Waals surface area contributed by atoms with Crippen LogP contribution in [0.4, 0.5) is 0 Å². The van der Waals surface area contributed by atoms with Crippen molar-refractivity contribution in [1.29, 1.82) is 0 Å². The monoisotopic (exact) mass is 342 g/mol. The first-order chi connectivity index (χ1) is 12.5. The molecule has 0 N–H and O–H groups in total. The molecule has 0 amide bonds. The van der Waals surface area contributed by atoms with Crippen molar-refractivity contribution in [2.24, 2.45) is 0 Å². The Bertz CT molecular complexity index is 1020. The summed E-state index contributed by atoms with van der Waals surface area (Å²) in [5.74, 6) is -2.11. The van der Waals surface area contributed by atoms with Gasteiger partial charge in [-0.05, 0) is 35.8 Å². The Kier molecular flexibility index (Phi) is 3.44. The number of Topliss-reactive ketones (excluding diaryl/α,β-unsaturated/α-hetero) is 2. The van der Waals surface area contributed by atoms with Gasteiger partial charge in [0, 0.05) is 11.1 Å². The number of ketones is 4. The lowest BCUT2D eigenvalue weighted by Crippen LogP contribution is -2.42. The largest absolute Gasteiger partial charge is 0.292 e. The Morgan fingerprint density at radius 1 is 0.654 bits per heavy atom. The highest BCUT2D eigenvalue weighted by molar-refractivity contribution is 6.48. The van der Waals surface area contributed by atoms with Gasteiger partial charge in [0.15, 0.2) is 11.6 Å². The molecule has 4 nitrogen and oxygen atoms in total. The van der Waals surface area contributed by atoms with Gasteiger partial charge in [-0.3, -0.25) is 19.2 Å². The highest BCUT2D eigenvalue weighted by Crippen LogP contribution is 2.47. The molecule has 2 aliphatic rings. The molecular formula is C22H14O4. The van der Waals surface area contributed by atoms with Crippen LogP contribution in [0.25, 0.3) is 0 Å². The van der Waals surface area contributed by atoms with E-state index in [0.29, 0.717) is 22.3 Å². The van der Waals surface area contributed by atoms with E-state index in [2.05, 4.69) is 0 Å². The van der Waals surface area contributed by atoms with Gasteiger partial charge >= 0.3 is 0 Å². The number of rotatable bonds is 2. The predicted molar refractivity (Wildman–Crippen MR) is 95.1 cm³/mol. The van der Waals surface area contributed by atoms with Crippen LogP contribution in [0.5, 0.6) is 0 Å². The summed E-state index contributed by atoms with van der Waals surface area (Å²) >= 11 is 0. The summed E-state index contributed by atoms with van der Waals surface area (Å²) in [5.41, 5.74) is 0.251. The molecule has 0 radical (unpaired) electrons. The molecule has 4 rings (SSSR count). The normalized spacial score (nSPS) is 18.5. The van der Waals surface area contributed by atoms with E-state index in [4.69, 9.17) is 0 Å². The van der Waals surface area contributed by atoms with Crippen LogP contribution in [-0.4, -0.2) is 23.1 Å². The van der Waals surface area contributed by atoms with Crippen LogP contribution in [0.3, 0.4) is 0 Å². The van der Waals surface area contributed by atoms with E-state index in [1.54, 1.807) is 61.5 Å². The zero-order chi connectivity index (χ0) is 18.5. The molecule has 0 fully saturated rings. The first-order valence-electron chi connectivity index (χ1n) is 8.21. The molecule has 0 unspecified atom stereocenters. The molecule has 2 aromatic carbocycles. The van der Waals surface area contributed by atoms with Crippen LogP contribution in [0.15, 0.2) is 77.9 Å². The van der Waals surface area contributed by atoms with E-state index in [-0.39, 0.29) is 17.1 Å². The average Bonchev–Trinajstić information content (AvgIpc) is 2.88. The molecule has 0 atom stereocenters. The summed E-state index contributed by atoms with van der Waals surface area (Å²) in [6.45, 7) is 1.64. The van der Waals surface area contributed by atoms with Crippen molar-refractivity contribution in [3.05, 3.63) is 94.6 Å². The van der Waals surface area contributed by atoms with Gasteiger partial charge in [0.1, 0.15) is 5.41 Å². The van der Waals surface area contributed by atoms with Gasteiger partial charge in [0.05, 0.1) is 0 Å². The molecule has 0 bridgehead atoms. The SMILES string of the molecule is CC1=CC(=O)C(=O)C=C1C1(c2ccccc2)C(=O)c2ccccc2C1=O. The molecule has 26 heavy (non-hydrogen) atoms. The molecule has 0 saturated heterocycles. The number of hydrogen-bond acceptors (Lipinski definition) is 4. The second kappa shape index (κ2) is 5.56. The van der Waals surface area contributed by atoms with E-state index in [1.165, 1.54) is 6.08 Å². The summed E-state index contributed by atoms with van der Waals surface area (Å²) in [4.78, 5) is 50.8. The molecule has 2 aliphatic carbocycles. The Balaban J connectivity index is 2.07. The Hall–Kier alpha value is -3.40. The first-order valence-corrected chi connectivity index (χ1v) is 8.21. The van der Waals surface area contributed by atoms with Crippen LogP contribution in [0.2, 0.25) is 0 Å². The fourth-order valence-corrected chi connectivity index (χ4v) is 3.80. The van der Waals surface area contributed by atoms with E-state index in [9.17, 15) is 19.2 Å². The average molecular weight is 342 g/mol. The minimum absolute atomic E-state index is 0.277. The van der Waals surface area contributed by atoms with Crippen molar-refractivity contribution >= 4 is 23.1 Å². The van der Waals surface area contributed by atoms with Crippen molar-refractivity contribution < 1.29 is 19.2 Å². The summed E-state index contributed by atoms with van der Waals surface area (Å²) in [6.07, 6.45) is 2.35. The fraction of sp³-hybridized carbons (Fsp3) is 0.0909. The standard InChI is InChI=1S/C22H14O4/c1-13-11-18(23)19(24)12-17(13)22(14-7-3-2-4-8-14)20(25)15-9-5-6-10-16(15)21(22)26/h2-12H,1H3. The van der Waals surface area contributed by atoms with Gasteiger partial charge in [0.2, 0.25) is 11.6 Å². The third-order valence-corrected chi connectivity index (χ3v) is 5.00. The van der Waals surface area contributed by atoms with Crippen molar-refractivity contribution in [3.8, 4) is 0 Å². The molecule has 0 aromatic heterocycles. The van der Waals surface area contributed by atoms with E-state index in [0.717, 1.165) is 6.08 Å². The third kappa shape index (κ3) is 1.96. The number of allylic oxidation sites excluding steroid dienone is 4. The Morgan fingerprint density at radius 2 is 1.15 bits per heavy atom. The smallest absolute Gasteiger partial charge is 0.226 e. The van der Waals surface area contributed by atoms with Crippen molar-refractivity contribution in [2.45, 2.75) is 12.3 Å². The molecule has 4 heteroatoms. The van der Waals surface area contributed by atoms with Gasteiger partial charge in [0.25, 0.3) is 0 Å². The number of carbonyl (C=O) groups excluding carboxylic acids is 4. The topological polar surface area (TPSA) is 68.3 Å². The second-order valence-electron chi connectivity index (χ2n) is 6.43. The van der Waals surface area contributed by atoms with Crippen LogP contribution < -0.4 is 0 Å². The van der Waals surface area contributed by atoms with Crippen LogP contribution in [0, 0.1) is 0 Å². The van der Waals surface area contributed by atoms with Crippen LogP contribution in [-0.2, 0) is 15.0 Å². The quantitative estimate of drug-likeness (QED) is 0.478. The lowest BCUT2D eigenvalue weighted by Gasteiger charge is -2.31. The van der Waals surface area contributed by atoms with Gasteiger partial charge in [-0.15, -0.1) is 0 Å². The maximum absolute atomic E-state index is 13.5. The number of fused-ring (bicyclic) bond motifs is 1. The maximum Gasteiger partial charge on any atom is 0.226 e. The minimum Gasteiger partial charge on any atom is -0.292 e. The fourth-order valence-electron chi connectivity index (χ4n) is 3.80. The molecule has 0 aliphatic heterocycles. The number of hydrogen-bond donors (Lipinski definition) is 0. The lowest BCUT2D eigenvalue weighted by molar-refractivity contribution is -0.131. The molecule has 0 saturated carbocycles. The van der Waals surface area contributed by atoms with E-state index in [1.807, 2.05) is 0 Å². The second-order valence-corrected chi connectivity index (χ2v) is 6.43. The van der Waals surface area contributed by atoms with Crippen molar-refractivity contribution in [1.82, 2.24) is 0 Å². The molecule has 0 heterocycles. The summed E-state index contributed by atoms with van der Waals surface area (Å²) in [6, 6.07) is 15.3. The van der Waals surface area contributed by atoms with Gasteiger partial charge in [-0.25, -0.2) is 0 Å². The molecule has 0 spiro atoms. The molecule has 2 aromatic rings. The Morgan fingerprint density at radius 3 is 1.73 bits per heavy atom. The van der Waals surface area contributed by atoms with Crippen molar-refractivity contribution in [2.75, 3.05) is 0 Å². The van der Waals surface area contributed by atoms with Crippen molar-refractivity contribution in [3.63, 3.8) is 0 Å². The zero-order valence-electron chi connectivity index (χ0n) is 14.0. The maximum atomic E-state index is 13.5. The van der Waals surface area contributed by atoms with Gasteiger partial charge in [-0.2, -0.15) is 0 Å². The number of benzene rings is 2. The van der Waals surface area contributed by atoms with E-state index >= 15 is 0 Å². The van der Waals surface area contributed by atoms with Gasteiger partial charge < -0.3 is 0 Å². The first kappa shape index (κ1) is 16.1.